The predicted molar refractivity (Wildman–Crippen MR) is 59.6 cm³/mol. The molecule has 1 rings (SSSR count). The van der Waals surface area contributed by atoms with Crippen molar-refractivity contribution in [3.8, 4) is 0 Å². The van der Waals surface area contributed by atoms with Crippen LogP contribution in [0.5, 0.6) is 0 Å². The first kappa shape index (κ1) is 13.1. The van der Waals surface area contributed by atoms with Crippen LogP contribution in [-0.4, -0.2) is 47.7 Å². The molecule has 1 heterocycles. The molecule has 6 nitrogen and oxygen atoms in total. The van der Waals surface area contributed by atoms with Gasteiger partial charge in [-0.3, -0.25) is 5.10 Å². The van der Waals surface area contributed by atoms with Gasteiger partial charge in [0.15, 0.2) is 0 Å². The molecule has 0 aliphatic heterocycles. The molecule has 0 aliphatic rings. The fourth-order valence-corrected chi connectivity index (χ4v) is 3.10. The quantitative estimate of drug-likeness (QED) is 0.786. The number of hydrogen-bond acceptors (Lipinski definition) is 4. The molecule has 92 valence electrons. The summed E-state index contributed by atoms with van der Waals surface area (Å²) in [6, 6.07) is -0.460. The summed E-state index contributed by atoms with van der Waals surface area (Å²) in [5.74, 6) is 0. The maximum atomic E-state index is 12.2. The number of aromatic nitrogens is 2. The zero-order valence-corrected chi connectivity index (χ0v) is 10.7. The van der Waals surface area contributed by atoms with Crippen molar-refractivity contribution in [3.63, 3.8) is 0 Å². The van der Waals surface area contributed by atoms with Gasteiger partial charge in [0.2, 0.25) is 10.0 Å². The molecule has 1 aromatic heterocycles. The molecule has 7 heteroatoms. The molecule has 0 saturated carbocycles. The highest BCUT2D eigenvalue weighted by atomic mass is 32.2. The number of nitrogens with zero attached hydrogens (tertiary/aromatic N) is 2. The summed E-state index contributed by atoms with van der Waals surface area (Å²) in [6.45, 7) is 4.71. The van der Waals surface area contributed by atoms with Gasteiger partial charge < -0.3 is 5.11 Å². The van der Waals surface area contributed by atoms with Crippen LogP contribution in [0.2, 0.25) is 0 Å². The van der Waals surface area contributed by atoms with Gasteiger partial charge in [-0.25, -0.2) is 8.42 Å². The fraction of sp³-hybridized carbons (Fsp3) is 0.667. The molecule has 0 amide bonds. The van der Waals surface area contributed by atoms with Gasteiger partial charge in [-0.05, 0) is 20.8 Å². The Morgan fingerprint density at radius 2 is 2.06 bits per heavy atom. The number of aromatic amines is 1. The molecule has 0 fully saturated rings. The molecule has 16 heavy (non-hydrogen) atoms. The molecule has 0 spiro atoms. The molecule has 0 radical (unpaired) electrons. The van der Waals surface area contributed by atoms with Crippen LogP contribution in [0.4, 0.5) is 0 Å². The molecule has 2 N–H and O–H groups in total. The van der Waals surface area contributed by atoms with Gasteiger partial charge in [0.25, 0.3) is 0 Å². The Balaban J connectivity index is 3.22. The Morgan fingerprint density at radius 3 is 2.44 bits per heavy atom. The molecule has 0 bridgehead atoms. The molecule has 1 atom stereocenters. The number of rotatable bonds is 4. The molecule has 1 unspecified atom stereocenters. The number of hydrogen-bond donors (Lipinski definition) is 2. The monoisotopic (exact) mass is 247 g/mol. The number of nitrogens with one attached hydrogen (secondary N) is 1. The van der Waals surface area contributed by atoms with Crippen LogP contribution in [0.15, 0.2) is 4.90 Å². The number of aliphatic hydroxyl groups excluding tert-OH is 1. The van der Waals surface area contributed by atoms with E-state index in [9.17, 15) is 8.42 Å². The Hall–Kier alpha value is -0.920. The third-order valence-corrected chi connectivity index (χ3v) is 4.82. The van der Waals surface area contributed by atoms with Crippen molar-refractivity contribution >= 4 is 10.0 Å². The van der Waals surface area contributed by atoms with Crippen LogP contribution in [0.25, 0.3) is 0 Å². The van der Waals surface area contributed by atoms with Gasteiger partial charge in [0, 0.05) is 13.1 Å². The molecule has 0 aromatic carbocycles. The predicted octanol–water partition coefficient (Wildman–Crippen LogP) is 0.0278. The van der Waals surface area contributed by atoms with Crippen molar-refractivity contribution in [1.82, 2.24) is 14.5 Å². The smallest absolute Gasteiger partial charge is 0.246 e. The van der Waals surface area contributed by atoms with Crippen molar-refractivity contribution in [2.45, 2.75) is 31.7 Å². The van der Waals surface area contributed by atoms with Crippen LogP contribution in [0, 0.1) is 13.8 Å². The highest BCUT2D eigenvalue weighted by Crippen LogP contribution is 2.21. The van der Waals surface area contributed by atoms with Crippen LogP contribution in [0.1, 0.15) is 18.3 Å². The van der Waals surface area contributed by atoms with E-state index in [4.69, 9.17) is 5.11 Å². The standard InChI is InChI=1S/C9H17N3O3S/c1-6(5-13)12(4)16(14,15)9-7(2)10-11-8(9)3/h6,13H,5H2,1-4H3,(H,10,11). The minimum Gasteiger partial charge on any atom is -0.395 e. The lowest BCUT2D eigenvalue weighted by molar-refractivity contribution is 0.213. The van der Waals surface area contributed by atoms with E-state index in [1.807, 2.05) is 0 Å². The molecular formula is C9H17N3O3S. The summed E-state index contributed by atoms with van der Waals surface area (Å²) >= 11 is 0. The van der Waals surface area contributed by atoms with Crippen molar-refractivity contribution in [1.29, 1.82) is 0 Å². The number of aryl methyl sites for hydroxylation is 2. The van der Waals surface area contributed by atoms with E-state index >= 15 is 0 Å². The van der Waals surface area contributed by atoms with Crippen molar-refractivity contribution in [2.24, 2.45) is 0 Å². The summed E-state index contributed by atoms with van der Waals surface area (Å²) in [6.07, 6.45) is 0. The Labute approximate surface area is 95.3 Å². The van der Waals surface area contributed by atoms with Gasteiger partial charge >= 0.3 is 0 Å². The average molecular weight is 247 g/mol. The lowest BCUT2D eigenvalue weighted by Gasteiger charge is -2.22. The largest absolute Gasteiger partial charge is 0.395 e. The van der Waals surface area contributed by atoms with Crippen LogP contribution < -0.4 is 0 Å². The van der Waals surface area contributed by atoms with Crippen LogP contribution in [0.3, 0.4) is 0 Å². The first-order valence-corrected chi connectivity index (χ1v) is 6.36. The fourth-order valence-electron chi connectivity index (χ4n) is 1.42. The van der Waals surface area contributed by atoms with E-state index in [-0.39, 0.29) is 11.5 Å². The minimum atomic E-state index is -3.59. The van der Waals surface area contributed by atoms with Crippen LogP contribution in [-0.2, 0) is 10.0 Å². The SMILES string of the molecule is Cc1n[nH]c(C)c1S(=O)(=O)N(C)C(C)CO. The Kier molecular flexibility index (Phi) is 3.72. The van der Waals surface area contributed by atoms with E-state index in [1.54, 1.807) is 20.8 Å². The van der Waals surface area contributed by atoms with Gasteiger partial charge in [-0.1, -0.05) is 0 Å². The highest BCUT2D eigenvalue weighted by molar-refractivity contribution is 7.89. The normalized spacial score (nSPS) is 14.4. The second kappa shape index (κ2) is 4.52. The second-order valence-corrected chi connectivity index (χ2v) is 5.75. The van der Waals surface area contributed by atoms with E-state index in [2.05, 4.69) is 10.2 Å². The topological polar surface area (TPSA) is 86.3 Å². The number of H-pyrrole nitrogens is 1. The van der Waals surface area contributed by atoms with Gasteiger partial charge in [-0.2, -0.15) is 9.40 Å². The van der Waals surface area contributed by atoms with E-state index < -0.39 is 16.1 Å². The lowest BCUT2D eigenvalue weighted by Crippen LogP contribution is -2.37. The van der Waals surface area contributed by atoms with E-state index in [1.165, 1.54) is 7.05 Å². The zero-order valence-electron chi connectivity index (χ0n) is 9.85. The summed E-state index contributed by atoms with van der Waals surface area (Å²) in [5, 5.41) is 15.5. The summed E-state index contributed by atoms with van der Waals surface area (Å²) in [7, 11) is -2.14. The molecular weight excluding hydrogens is 230 g/mol. The Bertz CT molecular complexity index is 447. The highest BCUT2D eigenvalue weighted by Gasteiger charge is 2.29. The van der Waals surface area contributed by atoms with Gasteiger partial charge in [0.1, 0.15) is 4.90 Å². The molecule has 0 saturated heterocycles. The lowest BCUT2D eigenvalue weighted by atomic mass is 10.4. The Morgan fingerprint density at radius 1 is 1.50 bits per heavy atom. The van der Waals surface area contributed by atoms with Gasteiger partial charge in [-0.15, -0.1) is 0 Å². The number of aliphatic hydroxyl groups is 1. The molecule has 1 aromatic rings. The second-order valence-electron chi connectivity index (χ2n) is 3.82. The summed E-state index contributed by atoms with van der Waals surface area (Å²) in [5.41, 5.74) is 0.948. The van der Waals surface area contributed by atoms with Crippen molar-refractivity contribution in [2.75, 3.05) is 13.7 Å². The van der Waals surface area contributed by atoms with Crippen molar-refractivity contribution in [3.05, 3.63) is 11.4 Å². The first-order chi connectivity index (χ1) is 7.32. The summed E-state index contributed by atoms with van der Waals surface area (Å²) < 4.78 is 25.5. The maximum Gasteiger partial charge on any atom is 0.246 e. The maximum absolute atomic E-state index is 12.2. The average Bonchev–Trinajstić information content (AvgIpc) is 2.56. The summed E-state index contributed by atoms with van der Waals surface area (Å²) in [4.78, 5) is 0.190. The third kappa shape index (κ3) is 2.11. The van der Waals surface area contributed by atoms with E-state index in [0.717, 1.165) is 4.31 Å². The third-order valence-electron chi connectivity index (χ3n) is 2.58. The van der Waals surface area contributed by atoms with E-state index in [0.29, 0.717) is 11.4 Å². The first-order valence-electron chi connectivity index (χ1n) is 4.92. The molecule has 0 aliphatic carbocycles. The minimum absolute atomic E-state index is 0.190. The zero-order chi connectivity index (χ0) is 12.5. The number of sulfonamides is 1. The van der Waals surface area contributed by atoms with Crippen molar-refractivity contribution < 1.29 is 13.5 Å². The van der Waals surface area contributed by atoms with Crippen LogP contribution >= 0.6 is 0 Å². The van der Waals surface area contributed by atoms with Gasteiger partial charge in [0.05, 0.1) is 18.0 Å². The number of likely N-dealkylation sites (N-methyl/N-ethyl adjacent to an activating group) is 1.